The summed E-state index contributed by atoms with van der Waals surface area (Å²) < 4.78 is 2.30. The molecule has 27 heavy (non-hydrogen) atoms. The Labute approximate surface area is 168 Å². The Morgan fingerprint density at radius 3 is 2.52 bits per heavy atom. The van der Waals surface area contributed by atoms with Crippen LogP contribution in [0.2, 0.25) is 0 Å². The number of nitrogens with zero attached hydrogens (tertiary/aromatic N) is 2. The number of nitrogens with one attached hydrogen (secondary N) is 1. The summed E-state index contributed by atoms with van der Waals surface area (Å²) in [5.41, 5.74) is 6.71. The molecule has 2 aromatic rings. The number of fused-ring (bicyclic) bond motifs is 2. The molecule has 1 atom stereocenters. The first-order chi connectivity index (χ1) is 13.0. The van der Waals surface area contributed by atoms with Gasteiger partial charge in [0.25, 0.3) is 0 Å². The number of aromatic nitrogens is 2. The summed E-state index contributed by atoms with van der Waals surface area (Å²) in [6.07, 6.45) is 13.4. The molecule has 142 valence electrons. The van der Waals surface area contributed by atoms with E-state index in [1.165, 1.54) is 55.3 Å². The Hall–Kier alpha value is -1.37. The van der Waals surface area contributed by atoms with E-state index in [-0.39, 0.29) is 4.71 Å². The summed E-state index contributed by atoms with van der Waals surface area (Å²) in [5.74, 6) is 0. The summed E-state index contributed by atoms with van der Waals surface area (Å²) in [6, 6.07) is 2.47. The van der Waals surface area contributed by atoms with Gasteiger partial charge < -0.3 is 10.4 Å². The molecule has 0 spiro atoms. The highest BCUT2D eigenvalue weighted by atomic mass is 32.2. The number of benzene rings is 1. The Morgan fingerprint density at radius 2 is 1.89 bits per heavy atom. The summed E-state index contributed by atoms with van der Waals surface area (Å²) >= 11 is 3.44. The van der Waals surface area contributed by atoms with Gasteiger partial charge in [-0.1, -0.05) is 29.6 Å². The third-order valence-corrected chi connectivity index (χ3v) is 8.29. The molecule has 2 heterocycles. The topological polar surface area (TPSA) is 50.1 Å². The molecular formula is C21H25N3OS2. The molecule has 0 saturated carbocycles. The van der Waals surface area contributed by atoms with Gasteiger partial charge in [-0.3, -0.25) is 0 Å². The van der Waals surface area contributed by atoms with Crippen LogP contribution in [0.4, 0.5) is 0 Å². The van der Waals surface area contributed by atoms with Crippen molar-refractivity contribution in [3.63, 3.8) is 0 Å². The third kappa shape index (κ3) is 3.22. The number of aryl methyl sites for hydroxylation is 2. The van der Waals surface area contributed by atoms with Gasteiger partial charge >= 0.3 is 0 Å². The quantitative estimate of drug-likeness (QED) is 0.808. The first-order valence-corrected chi connectivity index (χ1v) is 11.5. The van der Waals surface area contributed by atoms with Crippen molar-refractivity contribution < 1.29 is 5.11 Å². The molecule has 6 heteroatoms. The van der Waals surface area contributed by atoms with Crippen LogP contribution >= 0.6 is 23.5 Å². The zero-order chi connectivity index (χ0) is 18.6. The van der Waals surface area contributed by atoms with E-state index in [0.717, 1.165) is 9.80 Å². The Morgan fingerprint density at radius 1 is 1.19 bits per heavy atom. The standard InChI is InChI=1S/C21H25N3OS2/c1-21(2,25)18-11-22-20(27-18)26-15-10-23-24(12-15)19-16-7-3-5-13(16)9-14-6-4-8-17(14)19/h9-12,20,22,25H,3-8H2,1-2H3. The van der Waals surface area contributed by atoms with Crippen LogP contribution in [-0.4, -0.2) is 25.2 Å². The van der Waals surface area contributed by atoms with Gasteiger partial charge in [-0.25, -0.2) is 4.68 Å². The Kier molecular flexibility index (Phi) is 4.33. The van der Waals surface area contributed by atoms with Crippen molar-refractivity contribution in [1.29, 1.82) is 0 Å². The summed E-state index contributed by atoms with van der Waals surface area (Å²) in [6.45, 7) is 3.66. The number of aliphatic hydroxyl groups is 1. The second kappa shape index (κ2) is 6.61. The van der Waals surface area contributed by atoms with Crippen molar-refractivity contribution in [1.82, 2.24) is 15.1 Å². The highest BCUT2D eigenvalue weighted by Crippen LogP contribution is 2.42. The van der Waals surface area contributed by atoms with Gasteiger partial charge in [-0.05, 0) is 74.6 Å². The molecule has 0 fully saturated rings. The number of thioether (sulfide) groups is 2. The lowest BCUT2D eigenvalue weighted by Crippen LogP contribution is -2.19. The maximum Gasteiger partial charge on any atom is 0.128 e. The van der Waals surface area contributed by atoms with E-state index < -0.39 is 5.60 Å². The van der Waals surface area contributed by atoms with Crippen molar-refractivity contribution in [3.05, 3.63) is 51.8 Å². The molecule has 4 nitrogen and oxygen atoms in total. The zero-order valence-electron chi connectivity index (χ0n) is 15.8. The number of hydrogen-bond acceptors (Lipinski definition) is 5. The highest BCUT2D eigenvalue weighted by molar-refractivity contribution is 8.19. The van der Waals surface area contributed by atoms with Crippen LogP contribution in [0.1, 0.15) is 48.9 Å². The normalized spacial score (nSPS) is 21.1. The Bertz CT molecular complexity index is 894. The zero-order valence-corrected chi connectivity index (χ0v) is 17.4. The lowest BCUT2D eigenvalue weighted by atomic mass is 9.99. The van der Waals surface area contributed by atoms with E-state index in [1.54, 1.807) is 34.7 Å². The van der Waals surface area contributed by atoms with E-state index in [2.05, 4.69) is 22.3 Å². The van der Waals surface area contributed by atoms with E-state index in [1.807, 2.05) is 26.2 Å². The van der Waals surface area contributed by atoms with Crippen LogP contribution in [0.25, 0.3) is 5.69 Å². The first-order valence-electron chi connectivity index (χ1n) is 9.73. The summed E-state index contributed by atoms with van der Waals surface area (Å²) in [5, 5.41) is 18.3. The van der Waals surface area contributed by atoms with E-state index in [9.17, 15) is 5.11 Å². The van der Waals surface area contributed by atoms with Gasteiger partial charge in [0.15, 0.2) is 0 Å². The fraction of sp³-hybridized carbons (Fsp3) is 0.476. The Balaban J connectivity index is 1.40. The molecule has 2 aliphatic carbocycles. The molecule has 5 rings (SSSR count). The first kappa shape index (κ1) is 17.7. The monoisotopic (exact) mass is 399 g/mol. The second-order valence-corrected chi connectivity index (χ2v) is 10.8. The molecule has 0 saturated heterocycles. The molecule has 0 amide bonds. The molecule has 3 aliphatic rings. The van der Waals surface area contributed by atoms with Gasteiger partial charge in [-0.15, -0.1) is 0 Å². The average Bonchev–Trinajstić information content (AvgIpc) is 3.39. The minimum atomic E-state index is -0.789. The minimum Gasteiger partial charge on any atom is -0.385 e. The molecule has 1 aliphatic heterocycles. The SMILES string of the molecule is CC(C)(O)C1=CNC(Sc2cnn(-c3c4c(cc5c3CCC5)CCC4)c2)S1. The van der Waals surface area contributed by atoms with Gasteiger partial charge in [-0.2, -0.15) is 5.10 Å². The lowest BCUT2D eigenvalue weighted by molar-refractivity contribution is 0.129. The van der Waals surface area contributed by atoms with Crippen LogP contribution in [0.5, 0.6) is 0 Å². The second-order valence-electron chi connectivity index (χ2n) is 8.13. The summed E-state index contributed by atoms with van der Waals surface area (Å²) in [4.78, 5) is 2.14. The smallest absolute Gasteiger partial charge is 0.128 e. The van der Waals surface area contributed by atoms with E-state index in [0.29, 0.717) is 0 Å². The molecule has 1 unspecified atom stereocenters. The van der Waals surface area contributed by atoms with Gasteiger partial charge in [0.1, 0.15) is 4.71 Å². The lowest BCUT2D eigenvalue weighted by Gasteiger charge is -2.18. The molecule has 2 N–H and O–H groups in total. The third-order valence-electron chi connectivity index (χ3n) is 5.66. The van der Waals surface area contributed by atoms with Crippen molar-refractivity contribution in [2.45, 2.75) is 67.6 Å². The molecular weight excluding hydrogens is 374 g/mol. The molecule has 0 bridgehead atoms. The van der Waals surface area contributed by atoms with Gasteiger partial charge in [0.05, 0.1) is 17.5 Å². The number of rotatable bonds is 4. The van der Waals surface area contributed by atoms with Crippen molar-refractivity contribution in [2.24, 2.45) is 0 Å². The van der Waals surface area contributed by atoms with E-state index in [4.69, 9.17) is 5.10 Å². The summed E-state index contributed by atoms with van der Waals surface area (Å²) in [7, 11) is 0. The van der Waals surface area contributed by atoms with Crippen LogP contribution in [0.15, 0.2) is 34.5 Å². The van der Waals surface area contributed by atoms with Crippen LogP contribution in [-0.2, 0) is 25.7 Å². The van der Waals surface area contributed by atoms with Crippen molar-refractivity contribution in [3.8, 4) is 5.69 Å². The average molecular weight is 400 g/mol. The predicted octanol–water partition coefficient (Wildman–Crippen LogP) is 4.17. The molecule has 0 radical (unpaired) electrons. The molecule has 1 aromatic carbocycles. The van der Waals surface area contributed by atoms with Gasteiger partial charge in [0.2, 0.25) is 0 Å². The van der Waals surface area contributed by atoms with Crippen molar-refractivity contribution in [2.75, 3.05) is 0 Å². The maximum absolute atomic E-state index is 10.2. The fourth-order valence-electron chi connectivity index (χ4n) is 4.38. The van der Waals surface area contributed by atoms with Gasteiger partial charge in [0, 0.05) is 22.2 Å². The van der Waals surface area contributed by atoms with Crippen LogP contribution in [0, 0.1) is 0 Å². The largest absolute Gasteiger partial charge is 0.385 e. The molecule has 1 aromatic heterocycles. The highest BCUT2D eigenvalue weighted by Gasteiger charge is 2.29. The maximum atomic E-state index is 10.2. The minimum absolute atomic E-state index is 0.177. The van der Waals surface area contributed by atoms with Crippen molar-refractivity contribution >= 4 is 23.5 Å². The van der Waals surface area contributed by atoms with E-state index >= 15 is 0 Å². The number of hydrogen-bond donors (Lipinski definition) is 2. The fourth-order valence-corrected chi connectivity index (χ4v) is 6.66. The predicted molar refractivity (Wildman–Crippen MR) is 112 cm³/mol. The van der Waals surface area contributed by atoms with Crippen LogP contribution in [0.3, 0.4) is 0 Å². The van der Waals surface area contributed by atoms with Crippen LogP contribution < -0.4 is 5.32 Å².